The molecule has 0 aromatic carbocycles. The van der Waals surface area contributed by atoms with Gasteiger partial charge in [0.15, 0.2) is 0 Å². The molecule has 2 aromatic heterocycles. The maximum absolute atomic E-state index is 5.74. The predicted octanol–water partition coefficient (Wildman–Crippen LogP) is 1.88. The molecular formula is C13H21N7. The Bertz CT molecular complexity index is 534. The SMILES string of the molecule is CCC(CC)C(C)Nc1nc(N)nc(-n2cccn2)n1. The third kappa shape index (κ3) is 3.23. The van der Waals surface area contributed by atoms with E-state index in [-0.39, 0.29) is 12.0 Å². The molecule has 0 aliphatic carbocycles. The van der Waals surface area contributed by atoms with Gasteiger partial charge in [-0.15, -0.1) is 0 Å². The number of rotatable bonds is 6. The van der Waals surface area contributed by atoms with Crippen LogP contribution in [0.25, 0.3) is 5.95 Å². The first-order valence-corrected chi connectivity index (χ1v) is 6.92. The highest BCUT2D eigenvalue weighted by Crippen LogP contribution is 2.16. The van der Waals surface area contributed by atoms with Crippen molar-refractivity contribution in [1.82, 2.24) is 24.7 Å². The van der Waals surface area contributed by atoms with Crippen LogP contribution in [0.3, 0.4) is 0 Å². The van der Waals surface area contributed by atoms with E-state index in [9.17, 15) is 0 Å². The Balaban J connectivity index is 2.20. The van der Waals surface area contributed by atoms with Crippen molar-refractivity contribution in [3.05, 3.63) is 18.5 Å². The van der Waals surface area contributed by atoms with Gasteiger partial charge in [0.05, 0.1) is 0 Å². The summed E-state index contributed by atoms with van der Waals surface area (Å²) in [4.78, 5) is 12.6. The summed E-state index contributed by atoms with van der Waals surface area (Å²) in [5.41, 5.74) is 5.74. The molecule has 20 heavy (non-hydrogen) atoms. The lowest BCUT2D eigenvalue weighted by molar-refractivity contribution is 0.436. The summed E-state index contributed by atoms with van der Waals surface area (Å²) in [6, 6.07) is 2.08. The minimum Gasteiger partial charge on any atom is -0.368 e. The van der Waals surface area contributed by atoms with E-state index in [4.69, 9.17) is 5.73 Å². The largest absolute Gasteiger partial charge is 0.368 e. The highest BCUT2D eigenvalue weighted by atomic mass is 15.4. The monoisotopic (exact) mass is 275 g/mol. The van der Waals surface area contributed by atoms with Crippen molar-refractivity contribution in [1.29, 1.82) is 0 Å². The minimum absolute atomic E-state index is 0.185. The van der Waals surface area contributed by atoms with Crippen molar-refractivity contribution in [2.45, 2.75) is 39.7 Å². The van der Waals surface area contributed by atoms with Crippen molar-refractivity contribution in [2.75, 3.05) is 11.1 Å². The first-order valence-electron chi connectivity index (χ1n) is 6.92. The standard InChI is InChI=1S/C13H21N7/c1-4-10(5-2)9(3)16-12-17-11(14)18-13(19-12)20-8-6-7-15-20/h6-10H,4-5H2,1-3H3,(H3,14,16,17,18,19). The quantitative estimate of drug-likeness (QED) is 0.835. The van der Waals surface area contributed by atoms with Crippen molar-refractivity contribution in [2.24, 2.45) is 5.92 Å². The smallest absolute Gasteiger partial charge is 0.257 e. The molecule has 0 aliphatic heterocycles. The van der Waals surface area contributed by atoms with Gasteiger partial charge in [0.1, 0.15) is 0 Å². The van der Waals surface area contributed by atoms with Crippen LogP contribution < -0.4 is 11.1 Å². The molecule has 0 spiro atoms. The second-order valence-corrected chi connectivity index (χ2v) is 4.78. The molecule has 3 N–H and O–H groups in total. The Morgan fingerprint density at radius 3 is 2.60 bits per heavy atom. The van der Waals surface area contributed by atoms with Crippen LogP contribution in [0.4, 0.5) is 11.9 Å². The molecule has 0 radical (unpaired) electrons. The lowest BCUT2D eigenvalue weighted by Gasteiger charge is -2.22. The number of hydrogen-bond donors (Lipinski definition) is 2. The summed E-state index contributed by atoms with van der Waals surface area (Å²) < 4.78 is 1.56. The predicted molar refractivity (Wildman–Crippen MR) is 78.5 cm³/mol. The van der Waals surface area contributed by atoms with Crippen LogP contribution in [0.2, 0.25) is 0 Å². The molecule has 7 heteroatoms. The molecule has 7 nitrogen and oxygen atoms in total. The van der Waals surface area contributed by atoms with Gasteiger partial charge in [-0.05, 0) is 18.9 Å². The van der Waals surface area contributed by atoms with E-state index in [0.29, 0.717) is 17.8 Å². The Morgan fingerprint density at radius 1 is 1.25 bits per heavy atom. The first kappa shape index (κ1) is 14.2. The number of nitrogens with zero attached hydrogens (tertiary/aromatic N) is 5. The van der Waals surface area contributed by atoms with Crippen LogP contribution in [0, 0.1) is 5.92 Å². The zero-order chi connectivity index (χ0) is 14.5. The summed E-state index contributed by atoms with van der Waals surface area (Å²) in [6.07, 6.45) is 5.65. The van der Waals surface area contributed by atoms with Gasteiger partial charge >= 0.3 is 0 Å². The molecule has 1 atom stereocenters. The molecule has 2 heterocycles. The second kappa shape index (κ2) is 6.31. The number of nitrogens with one attached hydrogen (secondary N) is 1. The fraction of sp³-hybridized carbons (Fsp3) is 0.538. The van der Waals surface area contributed by atoms with Crippen molar-refractivity contribution < 1.29 is 0 Å². The van der Waals surface area contributed by atoms with E-state index in [2.05, 4.69) is 46.1 Å². The average Bonchev–Trinajstić information content (AvgIpc) is 2.93. The van der Waals surface area contributed by atoms with Crippen molar-refractivity contribution in [3.8, 4) is 5.95 Å². The van der Waals surface area contributed by atoms with Gasteiger partial charge in [0.2, 0.25) is 11.9 Å². The van der Waals surface area contributed by atoms with Crippen LogP contribution >= 0.6 is 0 Å². The summed E-state index contributed by atoms with van der Waals surface area (Å²) in [5, 5.41) is 7.40. The van der Waals surface area contributed by atoms with Gasteiger partial charge in [-0.25, -0.2) is 4.68 Å². The maximum atomic E-state index is 5.74. The van der Waals surface area contributed by atoms with E-state index in [1.165, 1.54) is 0 Å². The van der Waals surface area contributed by atoms with Crippen LogP contribution in [0.15, 0.2) is 18.5 Å². The fourth-order valence-electron chi connectivity index (χ4n) is 2.25. The maximum Gasteiger partial charge on any atom is 0.257 e. The van der Waals surface area contributed by atoms with Gasteiger partial charge < -0.3 is 11.1 Å². The van der Waals surface area contributed by atoms with Gasteiger partial charge in [-0.3, -0.25) is 0 Å². The molecule has 0 amide bonds. The Morgan fingerprint density at radius 2 is 2.00 bits per heavy atom. The van der Waals surface area contributed by atoms with Crippen LogP contribution in [-0.2, 0) is 0 Å². The van der Waals surface area contributed by atoms with Crippen LogP contribution in [0.5, 0.6) is 0 Å². The number of nitrogen functional groups attached to an aromatic ring is 1. The average molecular weight is 275 g/mol. The zero-order valence-corrected chi connectivity index (χ0v) is 12.1. The Labute approximate surface area is 118 Å². The first-order chi connectivity index (χ1) is 9.63. The highest BCUT2D eigenvalue weighted by molar-refractivity contribution is 5.35. The molecular weight excluding hydrogens is 254 g/mol. The van der Waals surface area contributed by atoms with E-state index in [1.54, 1.807) is 23.1 Å². The number of anilines is 2. The van der Waals surface area contributed by atoms with Gasteiger partial charge in [-0.1, -0.05) is 26.7 Å². The highest BCUT2D eigenvalue weighted by Gasteiger charge is 2.15. The van der Waals surface area contributed by atoms with Gasteiger partial charge in [0, 0.05) is 18.4 Å². The lowest BCUT2D eigenvalue weighted by atomic mass is 9.96. The number of hydrogen-bond acceptors (Lipinski definition) is 6. The molecule has 2 rings (SSSR count). The van der Waals surface area contributed by atoms with Crippen molar-refractivity contribution >= 4 is 11.9 Å². The van der Waals surface area contributed by atoms with E-state index < -0.39 is 0 Å². The third-order valence-corrected chi connectivity index (χ3v) is 3.46. The molecule has 0 saturated heterocycles. The Hall–Kier alpha value is -2.18. The molecule has 0 aliphatic rings. The van der Waals surface area contributed by atoms with E-state index in [1.807, 2.05) is 0 Å². The molecule has 1 unspecified atom stereocenters. The fourth-order valence-corrected chi connectivity index (χ4v) is 2.25. The third-order valence-electron chi connectivity index (χ3n) is 3.46. The summed E-state index contributed by atoms with van der Waals surface area (Å²) in [6.45, 7) is 6.50. The topological polar surface area (TPSA) is 94.5 Å². The molecule has 108 valence electrons. The molecule has 0 fully saturated rings. The normalized spacial score (nSPS) is 12.6. The summed E-state index contributed by atoms with van der Waals surface area (Å²) in [5.74, 6) is 1.66. The van der Waals surface area contributed by atoms with Crippen LogP contribution in [0.1, 0.15) is 33.6 Å². The van der Waals surface area contributed by atoms with Gasteiger partial charge in [-0.2, -0.15) is 20.1 Å². The zero-order valence-electron chi connectivity index (χ0n) is 12.1. The summed E-state index contributed by atoms with van der Waals surface area (Å²) >= 11 is 0. The van der Waals surface area contributed by atoms with E-state index in [0.717, 1.165) is 12.8 Å². The summed E-state index contributed by atoms with van der Waals surface area (Å²) in [7, 11) is 0. The molecule has 0 bridgehead atoms. The Kier molecular flexibility index (Phi) is 4.49. The minimum atomic E-state index is 0.185. The lowest BCUT2D eigenvalue weighted by Crippen LogP contribution is -2.26. The van der Waals surface area contributed by atoms with Gasteiger partial charge in [0.25, 0.3) is 5.95 Å². The number of aromatic nitrogens is 5. The number of nitrogens with two attached hydrogens (primary N) is 1. The van der Waals surface area contributed by atoms with Crippen LogP contribution in [-0.4, -0.2) is 30.8 Å². The second-order valence-electron chi connectivity index (χ2n) is 4.78. The van der Waals surface area contributed by atoms with E-state index >= 15 is 0 Å². The molecule has 2 aromatic rings. The van der Waals surface area contributed by atoms with Crippen molar-refractivity contribution in [3.63, 3.8) is 0 Å². The molecule has 0 saturated carbocycles.